The molecule has 150 valence electrons. The van der Waals surface area contributed by atoms with Crippen molar-refractivity contribution in [2.45, 2.75) is 35.2 Å². The van der Waals surface area contributed by atoms with Gasteiger partial charge < -0.3 is 4.84 Å². The molecule has 0 aromatic heterocycles. The predicted octanol–water partition coefficient (Wildman–Crippen LogP) is 2.48. The highest BCUT2D eigenvalue weighted by atomic mass is 35.5. The molecule has 1 fully saturated rings. The molecule has 2 aliphatic rings. The van der Waals surface area contributed by atoms with Crippen LogP contribution in [0.2, 0.25) is 5.02 Å². The minimum absolute atomic E-state index is 0.00547. The van der Waals surface area contributed by atoms with E-state index in [0.717, 1.165) is 0 Å². The molecule has 0 amide bonds. The summed E-state index contributed by atoms with van der Waals surface area (Å²) in [4.78, 5) is 41.6. The van der Waals surface area contributed by atoms with E-state index in [2.05, 4.69) is 9.99 Å². The number of rotatable bonds is 6. The Bertz CT molecular complexity index is 957. The molecule has 0 spiro atoms. The number of hydrogen-bond acceptors (Lipinski definition) is 8. The highest BCUT2D eigenvalue weighted by Crippen LogP contribution is 2.42. The number of fused-ring (bicyclic) bond motifs is 1. The molecule has 1 aliphatic heterocycles. The molecule has 10 heteroatoms. The fourth-order valence-corrected chi connectivity index (χ4v) is 7.18. The molecule has 7 nitrogen and oxygen atoms in total. The van der Waals surface area contributed by atoms with Crippen LogP contribution < -0.4 is 0 Å². The third-order valence-corrected chi connectivity index (χ3v) is 9.11. The maximum absolute atomic E-state index is 12.8. The van der Waals surface area contributed by atoms with Crippen molar-refractivity contribution in [3.05, 3.63) is 28.3 Å². The monoisotopic (exact) mass is 443 g/mol. The molecule has 0 bridgehead atoms. The predicted molar refractivity (Wildman–Crippen MR) is 106 cm³/mol. The number of oxime groups is 1. The highest BCUT2D eigenvalue weighted by molar-refractivity contribution is 8.14. The zero-order valence-electron chi connectivity index (χ0n) is 15.0. The van der Waals surface area contributed by atoms with Gasteiger partial charge in [-0.1, -0.05) is 16.8 Å². The molecule has 28 heavy (non-hydrogen) atoms. The summed E-state index contributed by atoms with van der Waals surface area (Å²) in [6, 6.07) is 2.64. The number of thioether (sulfide) groups is 1. The second-order valence-corrected chi connectivity index (χ2v) is 10.5. The third-order valence-electron chi connectivity index (χ3n) is 4.78. The van der Waals surface area contributed by atoms with Crippen LogP contribution >= 0.6 is 23.4 Å². The van der Waals surface area contributed by atoms with Gasteiger partial charge in [-0.05, 0) is 24.1 Å². The standard InChI is InChI=1S/C18H18ClNO6S2/c1-26-20-7-8-27-15-9-11-14(28(15,24)25)6-5-10(17(11)19)18(23)16-12(21)3-2-4-13(16)22/h5-7,15-16H,2-4,8-9H2,1H3. The molecule has 1 aromatic carbocycles. The number of sulfone groups is 1. The topological polar surface area (TPSA) is 107 Å². The van der Waals surface area contributed by atoms with Crippen molar-refractivity contribution in [2.75, 3.05) is 12.9 Å². The minimum atomic E-state index is -3.61. The van der Waals surface area contributed by atoms with E-state index in [1.807, 2.05) is 0 Å². The minimum Gasteiger partial charge on any atom is -0.399 e. The molecule has 1 aliphatic carbocycles. The number of nitrogens with zero attached hydrogens (tertiary/aromatic N) is 1. The Balaban J connectivity index is 1.90. The van der Waals surface area contributed by atoms with Gasteiger partial charge >= 0.3 is 0 Å². The van der Waals surface area contributed by atoms with Gasteiger partial charge in [0, 0.05) is 30.6 Å². The zero-order valence-corrected chi connectivity index (χ0v) is 17.4. The van der Waals surface area contributed by atoms with Crippen LogP contribution in [0.5, 0.6) is 0 Å². The van der Waals surface area contributed by atoms with Crippen molar-refractivity contribution < 1.29 is 27.6 Å². The van der Waals surface area contributed by atoms with E-state index in [1.165, 1.54) is 37.2 Å². The number of benzene rings is 1. The van der Waals surface area contributed by atoms with Gasteiger partial charge in [-0.25, -0.2) is 8.42 Å². The van der Waals surface area contributed by atoms with Crippen molar-refractivity contribution in [3.63, 3.8) is 0 Å². The first kappa shape index (κ1) is 21.0. The highest BCUT2D eigenvalue weighted by Gasteiger charge is 2.42. The van der Waals surface area contributed by atoms with E-state index in [1.54, 1.807) is 0 Å². The van der Waals surface area contributed by atoms with Crippen molar-refractivity contribution >= 4 is 56.8 Å². The normalized spacial score (nSPS) is 21.9. The van der Waals surface area contributed by atoms with Gasteiger partial charge in [0.1, 0.15) is 17.6 Å². The number of halogens is 1. The van der Waals surface area contributed by atoms with E-state index in [4.69, 9.17) is 11.6 Å². The largest absolute Gasteiger partial charge is 0.399 e. The van der Waals surface area contributed by atoms with Crippen LogP contribution in [0.4, 0.5) is 0 Å². The fourth-order valence-electron chi connectivity index (χ4n) is 3.43. The second-order valence-electron chi connectivity index (χ2n) is 6.47. The van der Waals surface area contributed by atoms with Crippen LogP contribution in [0.1, 0.15) is 35.2 Å². The second kappa shape index (κ2) is 8.34. The summed E-state index contributed by atoms with van der Waals surface area (Å²) in [6.07, 6.45) is 2.40. The lowest BCUT2D eigenvalue weighted by atomic mass is 9.81. The molecular formula is C18H18ClNO6S2. The summed E-state index contributed by atoms with van der Waals surface area (Å²) < 4.78 is 24.7. The van der Waals surface area contributed by atoms with Crippen molar-refractivity contribution in [3.8, 4) is 0 Å². The Morgan fingerprint density at radius 3 is 2.64 bits per heavy atom. The first-order valence-corrected chi connectivity index (χ1v) is 11.6. The Morgan fingerprint density at radius 2 is 2.00 bits per heavy atom. The van der Waals surface area contributed by atoms with Gasteiger partial charge in [0.25, 0.3) is 0 Å². The maximum atomic E-state index is 12.8. The lowest BCUT2D eigenvalue weighted by Crippen LogP contribution is -2.35. The molecule has 0 radical (unpaired) electrons. The zero-order chi connectivity index (χ0) is 20.5. The Hall–Kier alpha value is -1.71. The fraction of sp³-hybridized carbons (Fsp3) is 0.444. The molecular weight excluding hydrogens is 426 g/mol. The smallest absolute Gasteiger partial charge is 0.191 e. The van der Waals surface area contributed by atoms with Gasteiger partial charge in [0.15, 0.2) is 27.2 Å². The lowest BCUT2D eigenvalue weighted by molar-refractivity contribution is -0.133. The number of carbonyl (C=O) groups excluding carboxylic acids is 3. The SMILES string of the molecule is CON=CCSC1Cc2c(ccc(C(=O)C3C(=O)CCCC3=O)c2Cl)S1(=O)=O. The van der Waals surface area contributed by atoms with Crippen molar-refractivity contribution in [2.24, 2.45) is 11.1 Å². The summed E-state index contributed by atoms with van der Waals surface area (Å²) in [5.41, 5.74) is 0.375. The van der Waals surface area contributed by atoms with Gasteiger partial charge in [-0.2, -0.15) is 0 Å². The Labute approximate surface area is 171 Å². The Kier molecular flexibility index (Phi) is 6.26. The van der Waals surface area contributed by atoms with Gasteiger partial charge in [0.05, 0.1) is 16.1 Å². The van der Waals surface area contributed by atoms with Crippen LogP contribution in [-0.2, 0) is 30.7 Å². The molecule has 3 rings (SSSR count). The molecule has 0 N–H and O–H groups in total. The number of Topliss-reactive ketones (excluding diaryl/α,β-unsaturated/α-hetero) is 3. The first-order chi connectivity index (χ1) is 13.3. The summed E-state index contributed by atoms with van der Waals surface area (Å²) >= 11 is 7.55. The maximum Gasteiger partial charge on any atom is 0.191 e. The summed E-state index contributed by atoms with van der Waals surface area (Å²) in [6.45, 7) is 0. The van der Waals surface area contributed by atoms with Gasteiger partial charge in [0.2, 0.25) is 0 Å². The summed E-state index contributed by atoms with van der Waals surface area (Å²) in [5.74, 6) is -2.46. The summed E-state index contributed by atoms with van der Waals surface area (Å²) in [7, 11) is -2.22. The molecule has 1 saturated carbocycles. The average molecular weight is 444 g/mol. The summed E-state index contributed by atoms with van der Waals surface area (Å²) in [5, 5.41) is 3.58. The molecule has 0 saturated heterocycles. The lowest BCUT2D eigenvalue weighted by Gasteiger charge is -2.19. The number of ketones is 3. The van der Waals surface area contributed by atoms with E-state index in [-0.39, 0.29) is 34.7 Å². The number of carbonyl (C=O) groups is 3. The molecule has 1 unspecified atom stereocenters. The molecule has 1 aromatic rings. The first-order valence-electron chi connectivity index (χ1n) is 8.60. The quantitative estimate of drug-likeness (QED) is 0.287. The molecule has 1 heterocycles. The van der Waals surface area contributed by atoms with Crippen LogP contribution in [0.25, 0.3) is 0 Å². The van der Waals surface area contributed by atoms with E-state index in [0.29, 0.717) is 17.7 Å². The van der Waals surface area contributed by atoms with Crippen molar-refractivity contribution in [1.82, 2.24) is 0 Å². The van der Waals surface area contributed by atoms with Crippen LogP contribution in [0.15, 0.2) is 22.2 Å². The average Bonchev–Trinajstić information content (AvgIpc) is 2.90. The Morgan fingerprint density at radius 1 is 1.32 bits per heavy atom. The van der Waals surface area contributed by atoms with Gasteiger partial charge in [-0.3, -0.25) is 14.4 Å². The van der Waals surface area contributed by atoms with E-state index in [9.17, 15) is 22.8 Å². The van der Waals surface area contributed by atoms with E-state index < -0.39 is 37.7 Å². The van der Waals surface area contributed by atoms with E-state index >= 15 is 0 Å². The molecule has 1 atom stereocenters. The van der Waals surface area contributed by atoms with Crippen LogP contribution in [0, 0.1) is 5.92 Å². The van der Waals surface area contributed by atoms with Crippen molar-refractivity contribution in [1.29, 1.82) is 0 Å². The van der Waals surface area contributed by atoms with Crippen LogP contribution in [-0.4, -0.2) is 49.4 Å². The number of hydrogen-bond donors (Lipinski definition) is 0. The van der Waals surface area contributed by atoms with Crippen LogP contribution in [0.3, 0.4) is 0 Å². The van der Waals surface area contributed by atoms with Gasteiger partial charge in [-0.15, -0.1) is 11.8 Å². The third kappa shape index (κ3) is 3.75.